The van der Waals surface area contributed by atoms with Crippen LogP contribution in [0.1, 0.15) is 104 Å². The SMILES string of the molecule is CCCCCCCCCCCCCCOC(=O)C(CCC)NC(=O)C(F)(F)F. The van der Waals surface area contributed by atoms with Crippen LogP contribution in [0.25, 0.3) is 0 Å². The van der Waals surface area contributed by atoms with Gasteiger partial charge in [0.25, 0.3) is 0 Å². The van der Waals surface area contributed by atoms with Crippen LogP contribution in [0.3, 0.4) is 0 Å². The van der Waals surface area contributed by atoms with E-state index >= 15 is 0 Å². The van der Waals surface area contributed by atoms with Crippen LogP contribution in [0.4, 0.5) is 13.2 Å². The molecule has 0 aromatic carbocycles. The Morgan fingerprint density at radius 2 is 1.25 bits per heavy atom. The fraction of sp³-hybridized carbons (Fsp3) is 0.905. The summed E-state index contributed by atoms with van der Waals surface area (Å²) in [4.78, 5) is 22.9. The highest BCUT2D eigenvalue weighted by molar-refractivity contribution is 5.87. The molecule has 0 saturated heterocycles. The predicted molar refractivity (Wildman–Crippen MR) is 105 cm³/mol. The lowest BCUT2D eigenvalue weighted by Crippen LogP contribution is -2.47. The Morgan fingerprint density at radius 1 is 0.786 bits per heavy atom. The number of ether oxygens (including phenoxy) is 1. The van der Waals surface area contributed by atoms with Crippen molar-refractivity contribution in [2.75, 3.05) is 6.61 Å². The van der Waals surface area contributed by atoms with E-state index in [4.69, 9.17) is 4.74 Å². The molecule has 0 heterocycles. The lowest BCUT2D eigenvalue weighted by Gasteiger charge is -2.17. The van der Waals surface area contributed by atoms with Gasteiger partial charge in [0, 0.05) is 0 Å². The minimum absolute atomic E-state index is 0.124. The van der Waals surface area contributed by atoms with Gasteiger partial charge in [-0.2, -0.15) is 13.2 Å². The first-order valence-corrected chi connectivity index (χ1v) is 10.9. The Morgan fingerprint density at radius 3 is 1.68 bits per heavy atom. The molecule has 1 atom stereocenters. The first-order chi connectivity index (χ1) is 13.3. The first kappa shape index (κ1) is 26.7. The van der Waals surface area contributed by atoms with E-state index in [1.165, 1.54) is 51.4 Å². The third-order valence-corrected chi connectivity index (χ3v) is 4.67. The Labute approximate surface area is 168 Å². The molecule has 28 heavy (non-hydrogen) atoms. The van der Waals surface area contributed by atoms with Gasteiger partial charge >= 0.3 is 18.1 Å². The molecule has 0 aliphatic carbocycles. The molecule has 0 fully saturated rings. The number of unbranched alkanes of at least 4 members (excludes halogenated alkanes) is 11. The van der Waals surface area contributed by atoms with Crippen molar-refractivity contribution in [2.24, 2.45) is 0 Å². The Hall–Kier alpha value is -1.27. The summed E-state index contributed by atoms with van der Waals surface area (Å²) in [7, 11) is 0. The average molecular weight is 410 g/mol. The molecule has 0 spiro atoms. The highest BCUT2D eigenvalue weighted by atomic mass is 19.4. The van der Waals surface area contributed by atoms with Gasteiger partial charge in [-0.1, -0.05) is 90.9 Å². The smallest absolute Gasteiger partial charge is 0.464 e. The molecular weight excluding hydrogens is 371 g/mol. The van der Waals surface area contributed by atoms with E-state index in [-0.39, 0.29) is 13.0 Å². The van der Waals surface area contributed by atoms with Crippen LogP contribution in [-0.2, 0) is 14.3 Å². The molecule has 1 N–H and O–H groups in total. The van der Waals surface area contributed by atoms with Gasteiger partial charge in [-0.05, 0) is 12.8 Å². The number of hydrogen-bond donors (Lipinski definition) is 1. The molecule has 4 nitrogen and oxygen atoms in total. The maximum Gasteiger partial charge on any atom is 0.471 e. The topological polar surface area (TPSA) is 55.4 Å². The number of amides is 1. The second-order valence-electron chi connectivity index (χ2n) is 7.37. The zero-order valence-electron chi connectivity index (χ0n) is 17.5. The predicted octanol–water partition coefficient (Wildman–Crippen LogP) is 6.08. The van der Waals surface area contributed by atoms with Crippen LogP contribution in [-0.4, -0.2) is 30.7 Å². The number of nitrogens with one attached hydrogen (secondary N) is 1. The van der Waals surface area contributed by atoms with E-state index in [1.807, 2.05) is 0 Å². The Balaban J connectivity index is 3.71. The van der Waals surface area contributed by atoms with E-state index in [0.717, 1.165) is 19.3 Å². The van der Waals surface area contributed by atoms with Gasteiger partial charge in [0.15, 0.2) is 0 Å². The van der Waals surface area contributed by atoms with Gasteiger partial charge in [-0.25, -0.2) is 4.79 Å². The summed E-state index contributed by atoms with van der Waals surface area (Å²) in [6.07, 6.45) is 9.81. The molecule has 0 saturated carbocycles. The van der Waals surface area contributed by atoms with Gasteiger partial charge in [0.2, 0.25) is 0 Å². The summed E-state index contributed by atoms with van der Waals surface area (Å²) in [6.45, 7) is 4.12. The zero-order valence-corrected chi connectivity index (χ0v) is 17.5. The van der Waals surface area contributed by atoms with Crippen molar-refractivity contribution < 1.29 is 27.5 Å². The maximum atomic E-state index is 12.3. The van der Waals surface area contributed by atoms with Crippen molar-refractivity contribution in [3.63, 3.8) is 0 Å². The van der Waals surface area contributed by atoms with Crippen LogP contribution in [0.15, 0.2) is 0 Å². The summed E-state index contributed by atoms with van der Waals surface area (Å²) < 4.78 is 42.0. The van der Waals surface area contributed by atoms with E-state index in [2.05, 4.69) is 6.92 Å². The van der Waals surface area contributed by atoms with Crippen molar-refractivity contribution in [1.82, 2.24) is 5.32 Å². The molecule has 0 rings (SSSR count). The fourth-order valence-corrected chi connectivity index (χ4v) is 2.99. The van der Waals surface area contributed by atoms with Crippen LogP contribution >= 0.6 is 0 Å². The number of halogens is 3. The van der Waals surface area contributed by atoms with E-state index in [1.54, 1.807) is 12.2 Å². The summed E-state index contributed by atoms with van der Waals surface area (Å²) in [5, 5.41) is 1.72. The molecule has 7 heteroatoms. The van der Waals surface area contributed by atoms with Crippen molar-refractivity contribution in [3.8, 4) is 0 Å². The highest BCUT2D eigenvalue weighted by Crippen LogP contribution is 2.16. The molecule has 1 amide bonds. The molecule has 0 aromatic heterocycles. The third kappa shape index (κ3) is 14.7. The molecular formula is C21H38F3NO3. The van der Waals surface area contributed by atoms with Crippen molar-refractivity contribution >= 4 is 11.9 Å². The quantitative estimate of drug-likeness (QED) is 0.234. The van der Waals surface area contributed by atoms with Crippen LogP contribution in [0, 0.1) is 0 Å². The molecule has 0 aliphatic rings. The van der Waals surface area contributed by atoms with Gasteiger partial charge in [-0.3, -0.25) is 4.79 Å². The summed E-state index contributed by atoms with van der Waals surface area (Å²) >= 11 is 0. The minimum Gasteiger partial charge on any atom is -0.464 e. The van der Waals surface area contributed by atoms with Crippen LogP contribution in [0.2, 0.25) is 0 Å². The second-order valence-corrected chi connectivity index (χ2v) is 7.37. The van der Waals surface area contributed by atoms with Crippen molar-refractivity contribution in [1.29, 1.82) is 0 Å². The summed E-state index contributed by atoms with van der Waals surface area (Å²) in [6, 6.07) is -1.24. The van der Waals surface area contributed by atoms with Crippen LogP contribution in [0.5, 0.6) is 0 Å². The normalized spacial score (nSPS) is 12.6. The zero-order chi connectivity index (χ0) is 21.3. The number of esters is 1. The lowest BCUT2D eigenvalue weighted by molar-refractivity contribution is -0.176. The van der Waals surface area contributed by atoms with E-state index in [9.17, 15) is 22.8 Å². The van der Waals surface area contributed by atoms with Crippen molar-refractivity contribution in [3.05, 3.63) is 0 Å². The van der Waals surface area contributed by atoms with Gasteiger partial charge in [0.05, 0.1) is 6.61 Å². The maximum absolute atomic E-state index is 12.3. The summed E-state index contributed by atoms with van der Waals surface area (Å²) in [5.74, 6) is -2.89. The van der Waals surface area contributed by atoms with Crippen molar-refractivity contribution in [2.45, 2.75) is 116 Å². The molecule has 166 valence electrons. The Kier molecular flexibility index (Phi) is 15.9. The average Bonchev–Trinajstić information content (AvgIpc) is 2.64. The second kappa shape index (κ2) is 16.7. The van der Waals surface area contributed by atoms with Gasteiger partial charge in [0.1, 0.15) is 6.04 Å². The molecule has 0 aromatic rings. The molecule has 0 radical (unpaired) electrons. The fourth-order valence-electron chi connectivity index (χ4n) is 2.99. The number of carbonyl (C=O) groups excluding carboxylic acids is 2. The molecule has 0 aliphatic heterocycles. The van der Waals surface area contributed by atoms with E-state index in [0.29, 0.717) is 12.8 Å². The number of rotatable bonds is 17. The lowest BCUT2D eigenvalue weighted by atomic mass is 10.1. The number of alkyl halides is 3. The number of hydrogen-bond acceptors (Lipinski definition) is 3. The Bertz CT molecular complexity index is 414. The largest absolute Gasteiger partial charge is 0.471 e. The van der Waals surface area contributed by atoms with E-state index < -0.39 is 24.1 Å². The highest BCUT2D eigenvalue weighted by Gasteiger charge is 2.40. The van der Waals surface area contributed by atoms with Gasteiger partial charge in [-0.15, -0.1) is 0 Å². The molecule has 0 bridgehead atoms. The monoisotopic (exact) mass is 409 g/mol. The number of carbonyl (C=O) groups is 2. The van der Waals surface area contributed by atoms with Crippen LogP contribution < -0.4 is 5.32 Å². The minimum atomic E-state index is -5.00. The van der Waals surface area contributed by atoms with Gasteiger partial charge < -0.3 is 10.1 Å². The summed E-state index contributed by atoms with van der Waals surface area (Å²) in [5.41, 5.74) is 0. The third-order valence-electron chi connectivity index (χ3n) is 4.67. The molecule has 1 unspecified atom stereocenters. The first-order valence-electron chi connectivity index (χ1n) is 10.9. The standard InChI is InChI=1S/C21H38F3NO3/c1-3-5-6-7-8-9-10-11-12-13-14-15-17-28-19(26)18(16-4-2)25-20(27)21(22,23)24/h18H,3-17H2,1-2H3,(H,25,27).